The maximum Gasteiger partial charge on any atom is 0.161 e. The van der Waals surface area contributed by atoms with E-state index in [1.165, 1.54) is 6.92 Å². The highest BCUT2D eigenvalue weighted by Crippen LogP contribution is 2.32. The number of nitrogens with two attached hydrogens (primary N) is 1. The predicted octanol–water partition coefficient (Wildman–Crippen LogP) is 3.39. The first-order valence-electron chi connectivity index (χ1n) is 5.06. The third-order valence-electron chi connectivity index (χ3n) is 2.21. The molecule has 0 aliphatic carbocycles. The maximum absolute atomic E-state index is 11.2. The second-order valence-corrected chi connectivity index (χ2v) is 5.84. The second kappa shape index (κ2) is 4.89. The van der Waals surface area contributed by atoms with Crippen LogP contribution in [0.15, 0.2) is 32.8 Å². The molecule has 0 unspecified atom stereocenters. The van der Waals surface area contributed by atoms with Gasteiger partial charge in [0.05, 0.1) is 0 Å². The Labute approximate surface area is 108 Å². The number of anilines is 1. The van der Waals surface area contributed by atoms with Crippen molar-refractivity contribution in [3.05, 3.63) is 34.8 Å². The van der Waals surface area contributed by atoms with Gasteiger partial charge in [-0.15, -0.1) is 11.3 Å². The molecule has 0 saturated carbocycles. The van der Waals surface area contributed by atoms with Gasteiger partial charge >= 0.3 is 0 Å². The first kappa shape index (κ1) is 12.1. The van der Waals surface area contributed by atoms with Crippen molar-refractivity contribution in [2.75, 3.05) is 5.73 Å². The van der Waals surface area contributed by atoms with Crippen LogP contribution in [0.3, 0.4) is 0 Å². The van der Waals surface area contributed by atoms with E-state index in [9.17, 15) is 4.79 Å². The summed E-state index contributed by atoms with van der Waals surface area (Å²) in [7, 11) is 0. The molecule has 2 N–H and O–H groups in total. The van der Waals surface area contributed by atoms with Gasteiger partial charge in [0.15, 0.2) is 10.1 Å². The number of rotatable bonds is 3. The minimum Gasteiger partial charge on any atom is -0.398 e. The van der Waals surface area contributed by atoms with Crippen molar-refractivity contribution >= 4 is 34.6 Å². The van der Waals surface area contributed by atoms with Gasteiger partial charge in [-0.05, 0) is 32.0 Å². The minimum atomic E-state index is -0.0101. The number of carbonyl (C=O) groups excluding carboxylic acids is 1. The number of benzene rings is 1. The van der Waals surface area contributed by atoms with Crippen LogP contribution in [-0.2, 0) is 0 Å². The number of hydrogen-bond acceptors (Lipinski definition) is 5. The van der Waals surface area contributed by atoms with E-state index in [4.69, 9.17) is 5.73 Å². The number of thiazole rings is 1. The highest BCUT2D eigenvalue weighted by molar-refractivity contribution is 8.01. The first-order chi connectivity index (χ1) is 8.06. The molecule has 1 heterocycles. The number of hydrogen-bond donors (Lipinski definition) is 1. The lowest BCUT2D eigenvalue weighted by Gasteiger charge is -2.04. The Bertz CT molecular complexity index is 563. The molecular formula is C12H12N2OS2. The van der Waals surface area contributed by atoms with E-state index < -0.39 is 0 Å². The quantitative estimate of drug-likeness (QED) is 0.682. The largest absolute Gasteiger partial charge is 0.398 e. The molecule has 0 radical (unpaired) electrons. The van der Waals surface area contributed by atoms with E-state index in [1.54, 1.807) is 29.2 Å². The number of Topliss-reactive ketones (excluding diaryl/α,β-unsaturated/α-hetero) is 1. The number of nitrogen functional groups attached to an aromatic ring is 1. The van der Waals surface area contributed by atoms with Gasteiger partial charge < -0.3 is 5.73 Å². The standard InChI is InChI=1S/C12H12N2OS2/c1-7-6-16-12(14-7)17-9-3-4-10(8(2)15)11(13)5-9/h3-6H,13H2,1-2H3. The summed E-state index contributed by atoms with van der Waals surface area (Å²) < 4.78 is 0.984. The fraction of sp³-hybridized carbons (Fsp3) is 0.167. The lowest BCUT2D eigenvalue weighted by atomic mass is 10.1. The van der Waals surface area contributed by atoms with Crippen LogP contribution in [0.25, 0.3) is 0 Å². The van der Waals surface area contributed by atoms with E-state index in [0.29, 0.717) is 11.3 Å². The van der Waals surface area contributed by atoms with Gasteiger partial charge in [-0.2, -0.15) is 0 Å². The molecule has 0 bridgehead atoms. The number of carbonyl (C=O) groups is 1. The topological polar surface area (TPSA) is 56.0 Å². The molecule has 2 aromatic rings. The van der Waals surface area contributed by atoms with Gasteiger partial charge in [0, 0.05) is 27.2 Å². The molecule has 0 saturated heterocycles. The molecule has 3 nitrogen and oxygen atoms in total. The number of aromatic nitrogens is 1. The highest BCUT2D eigenvalue weighted by Gasteiger charge is 2.07. The normalized spacial score (nSPS) is 10.5. The molecular weight excluding hydrogens is 252 g/mol. The molecule has 17 heavy (non-hydrogen) atoms. The smallest absolute Gasteiger partial charge is 0.161 e. The van der Waals surface area contributed by atoms with Crippen LogP contribution in [0.5, 0.6) is 0 Å². The van der Waals surface area contributed by atoms with E-state index in [-0.39, 0.29) is 5.78 Å². The fourth-order valence-corrected chi connectivity index (χ4v) is 3.26. The third-order valence-corrected chi connectivity index (χ3v) is 4.25. The Morgan fingerprint density at radius 3 is 2.76 bits per heavy atom. The molecule has 5 heteroatoms. The van der Waals surface area contributed by atoms with Gasteiger partial charge in [0.2, 0.25) is 0 Å². The van der Waals surface area contributed by atoms with Crippen LogP contribution in [0, 0.1) is 6.92 Å². The number of aryl methyl sites for hydroxylation is 1. The van der Waals surface area contributed by atoms with Crippen molar-refractivity contribution in [1.29, 1.82) is 0 Å². The average molecular weight is 264 g/mol. The molecule has 88 valence electrons. The number of nitrogens with zero attached hydrogens (tertiary/aromatic N) is 1. The molecule has 0 fully saturated rings. The summed E-state index contributed by atoms with van der Waals surface area (Å²) >= 11 is 3.16. The summed E-state index contributed by atoms with van der Waals surface area (Å²) in [5, 5.41) is 2.01. The zero-order valence-electron chi connectivity index (χ0n) is 9.56. The van der Waals surface area contributed by atoms with Crippen LogP contribution < -0.4 is 5.73 Å². The zero-order chi connectivity index (χ0) is 12.4. The Morgan fingerprint density at radius 1 is 1.47 bits per heavy atom. The molecule has 0 spiro atoms. The third kappa shape index (κ3) is 2.87. The summed E-state index contributed by atoms with van der Waals surface area (Å²) in [5.74, 6) is -0.0101. The molecule has 0 aliphatic heterocycles. The Balaban J connectivity index is 2.23. The van der Waals surface area contributed by atoms with Crippen molar-refractivity contribution in [3.63, 3.8) is 0 Å². The SMILES string of the molecule is CC(=O)c1ccc(Sc2nc(C)cs2)cc1N. The summed E-state index contributed by atoms with van der Waals surface area (Å²) in [5.41, 5.74) is 7.95. The monoisotopic (exact) mass is 264 g/mol. The van der Waals surface area contributed by atoms with Crippen LogP contribution in [-0.4, -0.2) is 10.8 Å². The van der Waals surface area contributed by atoms with E-state index in [2.05, 4.69) is 4.98 Å². The van der Waals surface area contributed by atoms with Crippen molar-refractivity contribution in [1.82, 2.24) is 4.98 Å². The minimum absolute atomic E-state index is 0.0101. The predicted molar refractivity (Wildman–Crippen MR) is 71.8 cm³/mol. The van der Waals surface area contributed by atoms with Crippen molar-refractivity contribution < 1.29 is 4.79 Å². The lowest BCUT2D eigenvalue weighted by Crippen LogP contribution is -1.99. The molecule has 0 atom stereocenters. The van der Waals surface area contributed by atoms with Gasteiger partial charge in [-0.25, -0.2) is 4.98 Å². The summed E-state index contributed by atoms with van der Waals surface area (Å²) in [6.07, 6.45) is 0. The number of ketones is 1. The highest BCUT2D eigenvalue weighted by atomic mass is 32.2. The summed E-state index contributed by atoms with van der Waals surface area (Å²) in [6.45, 7) is 3.48. The Kier molecular flexibility index (Phi) is 3.49. The van der Waals surface area contributed by atoms with Crippen molar-refractivity contribution in [2.45, 2.75) is 23.1 Å². The average Bonchev–Trinajstić information content (AvgIpc) is 2.63. The van der Waals surface area contributed by atoms with Crippen molar-refractivity contribution in [3.8, 4) is 0 Å². The summed E-state index contributed by atoms with van der Waals surface area (Å²) in [4.78, 5) is 16.6. The van der Waals surface area contributed by atoms with Crippen LogP contribution in [0.4, 0.5) is 5.69 Å². The summed E-state index contributed by atoms with van der Waals surface area (Å²) in [6, 6.07) is 5.48. The van der Waals surface area contributed by atoms with Crippen LogP contribution in [0.2, 0.25) is 0 Å². The molecule has 2 rings (SSSR count). The lowest BCUT2D eigenvalue weighted by molar-refractivity contribution is 0.101. The molecule has 0 aliphatic rings. The van der Waals surface area contributed by atoms with E-state index in [0.717, 1.165) is 14.9 Å². The zero-order valence-corrected chi connectivity index (χ0v) is 11.2. The maximum atomic E-state index is 11.2. The van der Waals surface area contributed by atoms with E-state index in [1.807, 2.05) is 24.4 Å². The molecule has 1 aromatic carbocycles. The first-order valence-corrected chi connectivity index (χ1v) is 6.76. The van der Waals surface area contributed by atoms with Gasteiger partial charge in [0.25, 0.3) is 0 Å². The van der Waals surface area contributed by atoms with Crippen molar-refractivity contribution in [2.24, 2.45) is 0 Å². The second-order valence-electron chi connectivity index (χ2n) is 3.66. The van der Waals surface area contributed by atoms with E-state index >= 15 is 0 Å². The van der Waals surface area contributed by atoms with Crippen LogP contribution in [0.1, 0.15) is 23.0 Å². The van der Waals surface area contributed by atoms with Gasteiger partial charge in [0.1, 0.15) is 0 Å². The van der Waals surface area contributed by atoms with Gasteiger partial charge in [-0.1, -0.05) is 11.8 Å². The Morgan fingerprint density at radius 2 is 2.24 bits per heavy atom. The molecule has 1 aromatic heterocycles. The molecule has 0 amide bonds. The Hall–Kier alpha value is -1.33. The van der Waals surface area contributed by atoms with Gasteiger partial charge in [-0.3, -0.25) is 4.79 Å². The fourth-order valence-electron chi connectivity index (χ4n) is 1.40. The van der Waals surface area contributed by atoms with Crippen LogP contribution >= 0.6 is 23.1 Å².